The smallest absolute Gasteiger partial charge is 0.0485 e. The molecule has 1 saturated heterocycles. The Morgan fingerprint density at radius 1 is 1.33 bits per heavy atom. The first kappa shape index (κ1) is 14.2. The fourth-order valence-corrected chi connectivity index (χ4v) is 3.57. The monoisotopic (exact) mass is 329 g/mol. The van der Waals surface area contributed by atoms with Crippen molar-refractivity contribution in [2.45, 2.75) is 32.6 Å². The van der Waals surface area contributed by atoms with Crippen LogP contribution in [0.15, 0.2) is 22.7 Å². The summed E-state index contributed by atoms with van der Waals surface area (Å²) in [6.45, 7) is 7.03. The van der Waals surface area contributed by atoms with Crippen molar-refractivity contribution in [2.75, 3.05) is 18.0 Å². The van der Waals surface area contributed by atoms with E-state index < -0.39 is 0 Å². The summed E-state index contributed by atoms with van der Waals surface area (Å²) in [7, 11) is 0. The van der Waals surface area contributed by atoms with Gasteiger partial charge in [0.15, 0.2) is 0 Å². The first-order chi connectivity index (χ1) is 8.61. The number of halogens is 2. The summed E-state index contributed by atoms with van der Waals surface area (Å²) in [5.41, 5.74) is 2.48. The molecule has 0 unspecified atom stereocenters. The normalized spacial score (nSPS) is 17.5. The van der Waals surface area contributed by atoms with E-state index in [0.717, 1.165) is 21.9 Å². The molecule has 1 aliphatic rings. The summed E-state index contributed by atoms with van der Waals surface area (Å²) >= 11 is 9.48. The SMILES string of the molecule is CC(C)C1CCN(c2ccc(CCl)c(Br)c2)CC1. The van der Waals surface area contributed by atoms with Crippen LogP contribution in [-0.2, 0) is 5.88 Å². The van der Waals surface area contributed by atoms with E-state index in [1.165, 1.54) is 31.6 Å². The topological polar surface area (TPSA) is 3.24 Å². The number of alkyl halides is 1. The van der Waals surface area contributed by atoms with Crippen molar-refractivity contribution in [2.24, 2.45) is 11.8 Å². The van der Waals surface area contributed by atoms with Crippen LogP contribution >= 0.6 is 27.5 Å². The number of hydrogen-bond acceptors (Lipinski definition) is 1. The number of piperidine rings is 1. The van der Waals surface area contributed by atoms with Crippen LogP contribution in [0.3, 0.4) is 0 Å². The largest absolute Gasteiger partial charge is 0.371 e. The Balaban J connectivity index is 2.03. The van der Waals surface area contributed by atoms with Crippen LogP contribution in [0.1, 0.15) is 32.3 Å². The van der Waals surface area contributed by atoms with Crippen LogP contribution in [0.5, 0.6) is 0 Å². The summed E-state index contributed by atoms with van der Waals surface area (Å²) in [5, 5.41) is 0. The maximum absolute atomic E-state index is 5.88. The maximum atomic E-state index is 5.88. The average Bonchev–Trinajstić information content (AvgIpc) is 2.38. The van der Waals surface area contributed by atoms with Gasteiger partial charge in [0.25, 0.3) is 0 Å². The molecule has 1 heterocycles. The summed E-state index contributed by atoms with van der Waals surface area (Å²) in [6.07, 6.45) is 2.62. The Labute approximate surface area is 124 Å². The van der Waals surface area contributed by atoms with Gasteiger partial charge in [0.1, 0.15) is 0 Å². The van der Waals surface area contributed by atoms with Gasteiger partial charge in [-0.1, -0.05) is 35.8 Å². The zero-order valence-corrected chi connectivity index (χ0v) is 13.5. The summed E-state index contributed by atoms with van der Waals surface area (Å²) < 4.78 is 1.13. The molecule has 18 heavy (non-hydrogen) atoms. The minimum Gasteiger partial charge on any atom is -0.371 e. The molecule has 0 aromatic heterocycles. The van der Waals surface area contributed by atoms with E-state index in [2.05, 4.69) is 52.9 Å². The molecule has 0 atom stereocenters. The molecule has 0 spiro atoms. The van der Waals surface area contributed by atoms with E-state index in [1.54, 1.807) is 0 Å². The van der Waals surface area contributed by atoms with Crippen molar-refractivity contribution in [1.82, 2.24) is 0 Å². The van der Waals surface area contributed by atoms with Crippen LogP contribution < -0.4 is 4.90 Å². The van der Waals surface area contributed by atoms with Crippen LogP contribution in [0.25, 0.3) is 0 Å². The predicted octanol–water partition coefficient (Wildman–Crippen LogP) is 5.06. The Bertz CT molecular complexity index is 397. The average molecular weight is 331 g/mol. The van der Waals surface area contributed by atoms with Crippen molar-refractivity contribution < 1.29 is 0 Å². The molecule has 1 aromatic carbocycles. The molecule has 1 fully saturated rings. The molecule has 0 aliphatic carbocycles. The van der Waals surface area contributed by atoms with Crippen LogP contribution in [0.4, 0.5) is 5.69 Å². The Morgan fingerprint density at radius 2 is 2.00 bits per heavy atom. The van der Waals surface area contributed by atoms with Gasteiger partial charge in [-0.25, -0.2) is 0 Å². The zero-order valence-electron chi connectivity index (χ0n) is 11.1. The van der Waals surface area contributed by atoms with E-state index in [-0.39, 0.29) is 0 Å². The van der Waals surface area contributed by atoms with Gasteiger partial charge >= 0.3 is 0 Å². The fraction of sp³-hybridized carbons (Fsp3) is 0.600. The highest BCUT2D eigenvalue weighted by Gasteiger charge is 2.21. The molecule has 1 aromatic rings. The number of benzene rings is 1. The molecule has 1 aliphatic heterocycles. The molecular formula is C15H21BrClN. The van der Waals surface area contributed by atoms with E-state index in [0.29, 0.717) is 5.88 Å². The van der Waals surface area contributed by atoms with E-state index in [1.807, 2.05) is 0 Å². The highest BCUT2D eigenvalue weighted by molar-refractivity contribution is 9.10. The van der Waals surface area contributed by atoms with Gasteiger partial charge in [-0.15, -0.1) is 11.6 Å². The molecule has 0 radical (unpaired) electrons. The third-order valence-electron chi connectivity index (χ3n) is 4.03. The minimum absolute atomic E-state index is 0.566. The van der Waals surface area contributed by atoms with E-state index in [4.69, 9.17) is 11.6 Å². The molecule has 2 rings (SSSR count). The summed E-state index contributed by atoms with van der Waals surface area (Å²) in [5.74, 6) is 2.28. The highest BCUT2D eigenvalue weighted by atomic mass is 79.9. The van der Waals surface area contributed by atoms with Gasteiger partial charge in [-0.3, -0.25) is 0 Å². The van der Waals surface area contributed by atoms with Gasteiger partial charge < -0.3 is 4.90 Å². The lowest BCUT2D eigenvalue weighted by Gasteiger charge is -2.35. The zero-order chi connectivity index (χ0) is 13.1. The van der Waals surface area contributed by atoms with Gasteiger partial charge in [-0.05, 0) is 42.4 Å². The number of nitrogens with zero attached hydrogens (tertiary/aromatic N) is 1. The molecule has 0 saturated carbocycles. The first-order valence-electron chi connectivity index (χ1n) is 6.71. The second kappa shape index (κ2) is 6.29. The van der Waals surface area contributed by atoms with Crippen molar-refractivity contribution >= 4 is 33.2 Å². The summed E-state index contributed by atoms with van der Waals surface area (Å²) in [4.78, 5) is 2.49. The highest BCUT2D eigenvalue weighted by Crippen LogP contribution is 2.30. The third-order valence-corrected chi connectivity index (χ3v) is 5.05. The molecule has 1 nitrogen and oxygen atoms in total. The predicted molar refractivity (Wildman–Crippen MR) is 83.5 cm³/mol. The molecule has 0 bridgehead atoms. The fourth-order valence-electron chi connectivity index (χ4n) is 2.67. The van der Waals surface area contributed by atoms with E-state index >= 15 is 0 Å². The standard InChI is InChI=1S/C15H21BrClN/c1-11(2)12-5-7-18(8-6-12)14-4-3-13(10-17)15(16)9-14/h3-4,9,11-12H,5-8,10H2,1-2H3. The number of hydrogen-bond donors (Lipinski definition) is 0. The lowest BCUT2D eigenvalue weighted by Crippen LogP contribution is -2.35. The Morgan fingerprint density at radius 3 is 2.50 bits per heavy atom. The van der Waals surface area contributed by atoms with Gasteiger partial charge in [0.05, 0.1) is 0 Å². The second-order valence-corrected chi connectivity index (χ2v) is 6.60. The molecule has 0 amide bonds. The number of rotatable bonds is 3. The van der Waals surface area contributed by atoms with Gasteiger partial charge in [0.2, 0.25) is 0 Å². The van der Waals surface area contributed by atoms with Crippen LogP contribution in [0.2, 0.25) is 0 Å². The van der Waals surface area contributed by atoms with Gasteiger partial charge in [0, 0.05) is 29.1 Å². The van der Waals surface area contributed by atoms with Gasteiger partial charge in [-0.2, -0.15) is 0 Å². The molecular weight excluding hydrogens is 310 g/mol. The van der Waals surface area contributed by atoms with Crippen molar-refractivity contribution in [3.05, 3.63) is 28.2 Å². The second-order valence-electron chi connectivity index (χ2n) is 5.48. The van der Waals surface area contributed by atoms with Crippen LogP contribution in [-0.4, -0.2) is 13.1 Å². The quantitative estimate of drug-likeness (QED) is 0.700. The van der Waals surface area contributed by atoms with Crippen molar-refractivity contribution in [3.8, 4) is 0 Å². The molecule has 0 N–H and O–H groups in total. The Kier molecular flexibility index (Phi) is 4.97. The first-order valence-corrected chi connectivity index (χ1v) is 8.04. The minimum atomic E-state index is 0.566. The van der Waals surface area contributed by atoms with E-state index in [9.17, 15) is 0 Å². The molecule has 3 heteroatoms. The van der Waals surface area contributed by atoms with Crippen molar-refractivity contribution in [1.29, 1.82) is 0 Å². The third kappa shape index (κ3) is 3.21. The lowest BCUT2D eigenvalue weighted by atomic mass is 9.86. The molecule has 100 valence electrons. The van der Waals surface area contributed by atoms with Crippen molar-refractivity contribution in [3.63, 3.8) is 0 Å². The van der Waals surface area contributed by atoms with Crippen LogP contribution in [0, 0.1) is 11.8 Å². The maximum Gasteiger partial charge on any atom is 0.0485 e. The summed E-state index contributed by atoms with van der Waals surface area (Å²) in [6, 6.07) is 6.52. The Hall–Kier alpha value is -0.210. The lowest BCUT2D eigenvalue weighted by molar-refractivity contribution is 0.311. The number of anilines is 1.